The zero-order valence-electron chi connectivity index (χ0n) is 12.2. The number of carbonyl (C=O) groups is 1. The first-order valence-corrected chi connectivity index (χ1v) is 6.92. The van der Waals surface area contributed by atoms with Crippen LogP contribution in [-0.4, -0.2) is 21.8 Å². The predicted octanol–water partition coefficient (Wildman–Crippen LogP) is 2.28. The Morgan fingerprint density at radius 1 is 1.48 bits per heavy atom. The number of nitrogens with zero attached hydrogens (tertiary/aromatic N) is 2. The topological polar surface area (TPSA) is 82.2 Å². The summed E-state index contributed by atoms with van der Waals surface area (Å²) in [6.45, 7) is 4.19. The maximum Gasteiger partial charge on any atom is 0.246 e. The zero-order valence-corrected chi connectivity index (χ0v) is 12.2. The minimum Gasteiger partial charge on any atom is -0.491 e. The Balaban J connectivity index is 1.95. The Bertz CT molecular complexity index is 609. The molecule has 0 aliphatic carbocycles. The van der Waals surface area contributed by atoms with E-state index in [1.54, 1.807) is 12.3 Å². The van der Waals surface area contributed by atoms with Crippen molar-refractivity contribution in [1.29, 1.82) is 0 Å². The lowest BCUT2D eigenvalue weighted by molar-refractivity contribution is -0.116. The minimum absolute atomic E-state index is 0.119. The van der Waals surface area contributed by atoms with Crippen LogP contribution in [0.2, 0.25) is 0 Å². The van der Waals surface area contributed by atoms with Gasteiger partial charge in [-0.2, -0.15) is 5.10 Å². The molecule has 1 amide bonds. The van der Waals surface area contributed by atoms with Gasteiger partial charge in [0.05, 0.1) is 6.10 Å². The molecule has 3 N–H and O–H groups in total. The summed E-state index contributed by atoms with van der Waals surface area (Å²) in [7, 11) is 0. The van der Waals surface area contributed by atoms with Crippen molar-refractivity contribution in [2.24, 2.45) is 0 Å². The van der Waals surface area contributed by atoms with Crippen LogP contribution in [0.4, 0.5) is 11.5 Å². The molecule has 1 heterocycles. The maximum atomic E-state index is 11.9. The first kappa shape index (κ1) is 14.9. The van der Waals surface area contributed by atoms with E-state index in [9.17, 15) is 4.79 Å². The Morgan fingerprint density at radius 2 is 2.29 bits per heavy atom. The average Bonchev–Trinajstić information content (AvgIpc) is 2.84. The van der Waals surface area contributed by atoms with E-state index in [2.05, 4.69) is 17.3 Å². The molecule has 0 spiro atoms. The van der Waals surface area contributed by atoms with Crippen LogP contribution in [0, 0.1) is 0 Å². The molecule has 6 heteroatoms. The number of nitrogens with one attached hydrogen (secondary N) is 1. The van der Waals surface area contributed by atoms with Crippen LogP contribution < -0.4 is 15.8 Å². The highest BCUT2D eigenvalue weighted by molar-refractivity contribution is 5.90. The van der Waals surface area contributed by atoms with Crippen molar-refractivity contribution in [3.63, 3.8) is 0 Å². The van der Waals surface area contributed by atoms with E-state index in [1.807, 2.05) is 31.2 Å². The molecule has 2 rings (SSSR count). The molecule has 6 nitrogen and oxygen atoms in total. The van der Waals surface area contributed by atoms with Crippen molar-refractivity contribution in [3.8, 4) is 5.75 Å². The first-order valence-electron chi connectivity index (χ1n) is 6.92. The highest BCUT2D eigenvalue weighted by atomic mass is 16.5. The summed E-state index contributed by atoms with van der Waals surface area (Å²) in [5.74, 6) is 0.969. The molecule has 0 saturated heterocycles. The number of hydrogen-bond donors (Lipinski definition) is 2. The Morgan fingerprint density at radius 3 is 2.95 bits per heavy atom. The number of ether oxygens (including phenoxy) is 1. The minimum atomic E-state index is -0.168. The van der Waals surface area contributed by atoms with Gasteiger partial charge in [0.1, 0.15) is 18.1 Å². The van der Waals surface area contributed by atoms with E-state index in [4.69, 9.17) is 10.5 Å². The third-order valence-electron chi connectivity index (χ3n) is 3.00. The van der Waals surface area contributed by atoms with Gasteiger partial charge in [0.25, 0.3) is 0 Å². The van der Waals surface area contributed by atoms with Crippen molar-refractivity contribution in [2.75, 3.05) is 11.1 Å². The molecule has 21 heavy (non-hydrogen) atoms. The van der Waals surface area contributed by atoms with Crippen LogP contribution >= 0.6 is 0 Å². The summed E-state index contributed by atoms with van der Waals surface area (Å²) in [5, 5.41) is 6.78. The van der Waals surface area contributed by atoms with E-state index in [0.717, 1.165) is 12.2 Å². The fourth-order valence-electron chi connectivity index (χ4n) is 1.78. The average molecular weight is 288 g/mol. The van der Waals surface area contributed by atoms with Crippen LogP contribution in [0.3, 0.4) is 0 Å². The van der Waals surface area contributed by atoms with Crippen LogP contribution in [0.15, 0.2) is 36.5 Å². The summed E-state index contributed by atoms with van der Waals surface area (Å²) >= 11 is 0. The lowest BCUT2D eigenvalue weighted by atomic mass is 10.2. The number of carbonyl (C=O) groups excluding carboxylic acids is 1. The predicted molar refractivity (Wildman–Crippen MR) is 82.1 cm³/mol. The van der Waals surface area contributed by atoms with Gasteiger partial charge in [-0.1, -0.05) is 13.0 Å². The second-order valence-corrected chi connectivity index (χ2v) is 4.85. The summed E-state index contributed by atoms with van der Waals surface area (Å²) in [6.07, 6.45) is 2.73. The number of amides is 1. The number of nitrogens with two attached hydrogens (primary N) is 1. The molecule has 0 bridgehead atoms. The molecule has 0 fully saturated rings. The van der Waals surface area contributed by atoms with Crippen LogP contribution in [0.25, 0.3) is 0 Å². The molecule has 0 aliphatic heterocycles. The van der Waals surface area contributed by atoms with E-state index >= 15 is 0 Å². The maximum absolute atomic E-state index is 11.9. The summed E-state index contributed by atoms with van der Waals surface area (Å²) in [6, 6.07) is 8.99. The Hall–Kier alpha value is -2.50. The van der Waals surface area contributed by atoms with Gasteiger partial charge in [-0.3, -0.25) is 9.48 Å². The fourth-order valence-corrected chi connectivity index (χ4v) is 1.78. The molecule has 1 atom stereocenters. The number of rotatable bonds is 6. The standard InChI is InChI=1S/C15H20N4O2/c1-3-11(2)21-13-6-4-5-12(9-13)17-15(20)10-19-8-7-14(16)18-19/h4-9,11H,3,10H2,1-2H3,(H2,16,18)(H,17,20). The first-order chi connectivity index (χ1) is 10.1. The van der Waals surface area contributed by atoms with Crippen molar-refractivity contribution in [3.05, 3.63) is 36.5 Å². The molecule has 1 unspecified atom stereocenters. The van der Waals surface area contributed by atoms with Gasteiger partial charge in [-0.05, 0) is 31.5 Å². The Labute approximate surface area is 123 Å². The van der Waals surface area contributed by atoms with E-state index in [0.29, 0.717) is 11.5 Å². The molecule has 0 radical (unpaired) electrons. The van der Waals surface area contributed by atoms with Gasteiger partial charge in [-0.15, -0.1) is 0 Å². The molecule has 1 aromatic heterocycles. The van der Waals surface area contributed by atoms with Gasteiger partial charge < -0.3 is 15.8 Å². The summed E-state index contributed by atoms with van der Waals surface area (Å²) in [4.78, 5) is 11.9. The quantitative estimate of drug-likeness (QED) is 0.854. The van der Waals surface area contributed by atoms with E-state index in [1.165, 1.54) is 4.68 Å². The Kier molecular flexibility index (Phi) is 4.81. The number of benzene rings is 1. The van der Waals surface area contributed by atoms with Crippen LogP contribution in [0.1, 0.15) is 20.3 Å². The molecular weight excluding hydrogens is 268 g/mol. The third kappa shape index (κ3) is 4.52. The second kappa shape index (κ2) is 6.78. The molecule has 1 aromatic carbocycles. The normalized spacial score (nSPS) is 11.9. The van der Waals surface area contributed by atoms with Crippen molar-refractivity contribution < 1.29 is 9.53 Å². The number of nitrogen functional groups attached to an aromatic ring is 1. The zero-order chi connectivity index (χ0) is 15.2. The number of aromatic nitrogens is 2. The molecule has 2 aromatic rings. The lowest BCUT2D eigenvalue weighted by Gasteiger charge is -2.13. The fraction of sp³-hybridized carbons (Fsp3) is 0.333. The second-order valence-electron chi connectivity index (χ2n) is 4.85. The third-order valence-corrected chi connectivity index (χ3v) is 3.00. The lowest BCUT2D eigenvalue weighted by Crippen LogP contribution is -2.19. The molecular formula is C15H20N4O2. The van der Waals surface area contributed by atoms with Crippen LogP contribution in [-0.2, 0) is 11.3 Å². The van der Waals surface area contributed by atoms with Gasteiger partial charge >= 0.3 is 0 Å². The smallest absolute Gasteiger partial charge is 0.246 e. The monoisotopic (exact) mass is 288 g/mol. The highest BCUT2D eigenvalue weighted by Gasteiger charge is 2.06. The van der Waals surface area contributed by atoms with Crippen LogP contribution in [0.5, 0.6) is 5.75 Å². The van der Waals surface area contributed by atoms with Crippen molar-refractivity contribution in [2.45, 2.75) is 32.9 Å². The van der Waals surface area contributed by atoms with Crippen molar-refractivity contribution >= 4 is 17.4 Å². The molecule has 0 aliphatic rings. The van der Waals surface area contributed by atoms with E-state index in [-0.39, 0.29) is 18.6 Å². The molecule has 112 valence electrons. The van der Waals surface area contributed by atoms with Gasteiger partial charge in [0.2, 0.25) is 5.91 Å². The van der Waals surface area contributed by atoms with Gasteiger partial charge in [-0.25, -0.2) is 0 Å². The summed E-state index contributed by atoms with van der Waals surface area (Å²) < 4.78 is 7.21. The largest absolute Gasteiger partial charge is 0.491 e. The SMILES string of the molecule is CCC(C)Oc1cccc(NC(=O)Cn2ccc(N)n2)c1. The number of hydrogen-bond acceptors (Lipinski definition) is 4. The summed E-state index contributed by atoms with van der Waals surface area (Å²) in [5.41, 5.74) is 6.20. The van der Waals surface area contributed by atoms with Gasteiger partial charge in [0, 0.05) is 18.0 Å². The number of anilines is 2. The van der Waals surface area contributed by atoms with Gasteiger partial charge in [0.15, 0.2) is 0 Å². The molecule has 0 saturated carbocycles. The van der Waals surface area contributed by atoms with E-state index < -0.39 is 0 Å². The van der Waals surface area contributed by atoms with Crippen molar-refractivity contribution in [1.82, 2.24) is 9.78 Å². The highest BCUT2D eigenvalue weighted by Crippen LogP contribution is 2.19.